The number of hydrogen-bond donors (Lipinski definition) is 3. The van der Waals surface area contributed by atoms with Gasteiger partial charge in [0.25, 0.3) is 0 Å². The lowest BCUT2D eigenvalue weighted by Gasteiger charge is -2.20. The zero-order chi connectivity index (χ0) is 62.0. The van der Waals surface area contributed by atoms with Gasteiger partial charge in [0.2, 0.25) is 5.91 Å². The molecule has 0 saturated carbocycles. The van der Waals surface area contributed by atoms with Crippen molar-refractivity contribution in [1.29, 1.82) is 0 Å². The zero-order valence-electron chi connectivity index (χ0n) is 58.3. The second kappa shape index (κ2) is 75.5. The summed E-state index contributed by atoms with van der Waals surface area (Å²) in [6.45, 7) is 4.94. The number of carbonyl (C=O) groups is 2. The molecule has 0 heterocycles. The number of allylic oxidation sites excluding steroid dienone is 5. The molecule has 3 N–H and O–H groups in total. The molecule has 1 amide bonds. The maximum absolute atomic E-state index is 12.5. The zero-order valence-corrected chi connectivity index (χ0v) is 58.3. The summed E-state index contributed by atoms with van der Waals surface area (Å²) in [4.78, 5) is 24.6. The number of rotatable bonds is 74. The highest BCUT2D eigenvalue weighted by molar-refractivity contribution is 5.76. The normalized spacial score (nSPS) is 12.7. The van der Waals surface area contributed by atoms with Crippen LogP contribution in [0.1, 0.15) is 438 Å². The smallest absolute Gasteiger partial charge is 0.305 e. The van der Waals surface area contributed by atoms with Crippen LogP contribution in [0.4, 0.5) is 0 Å². The van der Waals surface area contributed by atoms with Crippen LogP contribution in [0.2, 0.25) is 0 Å². The minimum atomic E-state index is -0.841. The van der Waals surface area contributed by atoms with Crippen molar-refractivity contribution in [2.24, 2.45) is 0 Å². The van der Waals surface area contributed by atoms with Crippen molar-refractivity contribution in [3.05, 3.63) is 36.5 Å². The number of ether oxygens (including phenoxy) is 1. The first kappa shape index (κ1) is 84.1. The molecular weight excluding hydrogens is 1050 g/mol. The van der Waals surface area contributed by atoms with E-state index < -0.39 is 12.1 Å². The van der Waals surface area contributed by atoms with E-state index in [0.717, 1.165) is 44.9 Å². The number of aliphatic hydroxyl groups excluding tert-OH is 2. The van der Waals surface area contributed by atoms with Crippen LogP contribution in [-0.2, 0) is 14.3 Å². The highest BCUT2D eigenvalue weighted by Crippen LogP contribution is 2.19. The van der Waals surface area contributed by atoms with E-state index >= 15 is 0 Å². The van der Waals surface area contributed by atoms with Crippen LogP contribution >= 0.6 is 0 Å². The Morgan fingerprint density at radius 1 is 0.314 bits per heavy atom. The molecule has 2 atom stereocenters. The SMILES string of the molecule is CCCCCCCC/C=C\CCCCCCCCCC(=O)OCCCCCCCCCCCCCCCCCC/C=C\CCCCCCCCCCCCCCCCCCCC(=O)NC(CO)C(O)/C=C/CCCCCCCCCCCCCCC. The molecule has 0 saturated heterocycles. The number of amides is 1. The Morgan fingerprint density at radius 3 is 0.826 bits per heavy atom. The van der Waals surface area contributed by atoms with Crippen molar-refractivity contribution in [2.45, 2.75) is 450 Å². The van der Waals surface area contributed by atoms with Gasteiger partial charge in [-0.05, 0) is 83.5 Å². The summed E-state index contributed by atoms with van der Waals surface area (Å²) >= 11 is 0. The van der Waals surface area contributed by atoms with Crippen molar-refractivity contribution in [3.63, 3.8) is 0 Å². The largest absolute Gasteiger partial charge is 0.466 e. The summed E-state index contributed by atoms with van der Waals surface area (Å²) in [5, 5.41) is 23.2. The molecule has 6 nitrogen and oxygen atoms in total. The van der Waals surface area contributed by atoms with Crippen LogP contribution in [0.5, 0.6) is 0 Å². The first-order valence-electron chi connectivity index (χ1n) is 39.3. The summed E-state index contributed by atoms with van der Waals surface area (Å²) in [5.41, 5.74) is 0. The third kappa shape index (κ3) is 71.2. The van der Waals surface area contributed by atoms with Gasteiger partial charge in [0, 0.05) is 12.8 Å². The predicted molar refractivity (Wildman–Crippen MR) is 379 cm³/mol. The molecule has 0 aromatic carbocycles. The van der Waals surface area contributed by atoms with Crippen LogP contribution in [-0.4, -0.2) is 47.4 Å². The van der Waals surface area contributed by atoms with Crippen molar-refractivity contribution in [1.82, 2.24) is 5.32 Å². The Balaban J connectivity index is 3.33. The monoisotopic (exact) mass is 1210 g/mol. The topological polar surface area (TPSA) is 95.9 Å². The minimum Gasteiger partial charge on any atom is -0.466 e. The molecule has 0 bridgehead atoms. The van der Waals surface area contributed by atoms with Gasteiger partial charge in [-0.15, -0.1) is 0 Å². The fourth-order valence-electron chi connectivity index (χ4n) is 12.4. The van der Waals surface area contributed by atoms with Crippen LogP contribution in [0.3, 0.4) is 0 Å². The number of esters is 1. The third-order valence-electron chi connectivity index (χ3n) is 18.4. The molecule has 86 heavy (non-hydrogen) atoms. The van der Waals surface area contributed by atoms with Gasteiger partial charge >= 0.3 is 5.97 Å². The first-order chi connectivity index (χ1) is 42.5. The Labute approximate surface area is 538 Å². The van der Waals surface area contributed by atoms with Crippen molar-refractivity contribution < 1.29 is 24.5 Å². The van der Waals surface area contributed by atoms with Gasteiger partial charge in [-0.2, -0.15) is 0 Å². The Morgan fingerprint density at radius 2 is 0.547 bits per heavy atom. The summed E-state index contributed by atoms with van der Waals surface area (Å²) < 4.78 is 5.51. The number of carbonyl (C=O) groups excluding carboxylic acids is 2. The molecule has 0 fully saturated rings. The van der Waals surface area contributed by atoms with E-state index in [4.69, 9.17) is 4.74 Å². The number of nitrogens with one attached hydrogen (secondary N) is 1. The lowest BCUT2D eigenvalue weighted by Crippen LogP contribution is -2.45. The van der Waals surface area contributed by atoms with Gasteiger partial charge in [0.15, 0.2) is 0 Å². The third-order valence-corrected chi connectivity index (χ3v) is 18.4. The van der Waals surface area contributed by atoms with Crippen molar-refractivity contribution in [2.75, 3.05) is 13.2 Å². The molecule has 2 unspecified atom stereocenters. The Bertz CT molecular complexity index is 1390. The molecule has 0 aromatic heterocycles. The number of aliphatic hydroxyl groups is 2. The van der Waals surface area contributed by atoms with Crippen LogP contribution in [0, 0.1) is 0 Å². The summed E-state index contributed by atoms with van der Waals surface area (Å²) in [7, 11) is 0. The quantitative estimate of drug-likeness (QED) is 0.0320. The van der Waals surface area contributed by atoms with E-state index in [9.17, 15) is 19.8 Å². The average Bonchev–Trinajstić information content (AvgIpc) is 3.55. The summed E-state index contributed by atoms with van der Waals surface area (Å²) in [6, 6.07) is -0.625. The van der Waals surface area contributed by atoms with Gasteiger partial charge < -0.3 is 20.3 Å². The molecule has 0 aliphatic rings. The molecule has 0 aliphatic carbocycles. The average molecular weight is 1210 g/mol. The van der Waals surface area contributed by atoms with Crippen molar-refractivity contribution in [3.8, 4) is 0 Å². The number of hydrogen-bond acceptors (Lipinski definition) is 5. The maximum Gasteiger partial charge on any atom is 0.305 e. The van der Waals surface area contributed by atoms with E-state index in [0.29, 0.717) is 19.4 Å². The van der Waals surface area contributed by atoms with E-state index in [2.05, 4.69) is 43.5 Å². The second-order valence-corrected chi connectivity index (χ2v) is 27.0. The van der Waals surface area contributed by atoms with Crippen LogP contribution in [0.25, 0.3) is 0 Å². The molecule has 6 heteroatoms. The van der Waals surface area contributed by atoms with Gasteiger partial charge in [0.05, 0.1) is 25.4 Å². The molecule has 0 aromatic rings. The van der Waals surface area contributed by atoms with Gasteiger partial charge in [-0.3, -0.25) is 9.59 Å². The molecular formula is C80H153NO5. The second-order valence-electron chi connectivity index (χ2n) is 27.0. The van der Waals surface area contributed by atoms with E-state index in [1.165, 1.54) is 366 Å². The van der Waals surface area contributed by atoms with Gasteiger partial charge in [-0.25, -0.2) is 0 Å². The molecule has 0 radical (unpaired) electrons. The highest BCUT2D eigenvalue weighted by Gasteiger charge is 2.18. The van der Waals surface area contributed by atoms with Crippen LogP contribution < -0.4 is 5.32 Å². The van der Waals surface area contributed by atoms with E-state index in [1.54, 1.807) is 6.08 Å². The Kier molecular flexibility index (Phi) is 73.9. The highest BCUT2D eigenvalue weighted by atomic mass is 16.5. The Hall–Kier alpha value is -1.92. The molecule has 508 valence electrons. The lowest BCUT2D eigenvalue weighted by atomic mass is 10.0. The van der Waals surface area contributed by atoms with Gasteiger partial charge in [0.1, 0.15) is 0 Å². The van der Waals surface area contributed by atoms with E-state index in [-0.39, 0.29) is 18.5 Å². The molecule has 0 spiro atoms. The summed E-state index contributed by atoms with van der Waals surface area (Å²) in [5.74, 6) is -0.0428. The summed E-state index contributed by atoms with van der Waals surface area (Å²) in [6.07, 6.45) is 98.4. The molecule has 0 rings (SSSR count). The lowest BCUT2D eigenvalue weighted by molar-refractivity contribution is -0.143. The van der Waals surface area contributed by atoms with E-state index in [1.807, 2.05) is 6.08 Å². The predicted octanol–water partition coefficient (Wildman–Crippen LogP) is 25.8. The maximum atomic E-state index is 12.5. The number of unbranched alkanes of at least 4 members (excludes halogenated alkanes) is 59. The van der Waals surface area contributed by atoms with Crippen LogP contribution in [0.15, 0.2) is 36.5 Å². The first-order valence-corrected chi connectivity index (χ1v) is 39.3. The minimum absolute atomic E-state index is 0.0185. The van der Waals surface area contributed by atoms with Gasteiger partial charge in [-0.1, -0.05) is 378 Å². The standard InChI is InChI=1S/C80H153NO5/c1-3-5-7-9-11-13-15-17-19-41-46-50-54-58-62-66-70-74-80(85)86-75-71-67-63-59-55-51-47-43-40-38-36-34-32-30-28-26-24-22-20-21-23-25-27-29-31-33-35-37-39-42-45-49-53-57-61-65-69-73-79(84)81-77(76-82)78(83)72-68-64-60-56-52-48-44-18-16-14-12-10-8-6-4-2/h17,19-20,22,68,72,77-78,82-83H,3-16,18,21,23-67,69-71,73-76H2,1-2H3,(H,81,84)/b19-17-,22-20-,72-68+. The molecule has 0 aliphatic heterocycles. The fourth-order valence-corrected chi connectivity index (χ4v) is 12.4. The fraction of sp³-hybridized carbons (Fsp3) is 0.900. The van der Waals surface area contributed by atoms with Crippen molar-refractivity contribution >= 4 is 11.9 Å².